The molecule has 0 spiro atoms. The van der Waals surface area contributed by atoms with Gasteiger partial charge < -0.3 is 4.74 Å². The minimum absolute atomic E-state index is 0.160. The van der Waals surface area contributed by atoms with Crippen LogP contribution in [0.4, 0.5) is 4.39 Å². The van der Waals surface area contributed by atoms with Crippen molar-refractivity contribution in [1.29, 1.82) is 0 Å². The molecule has 1 unspecified atom stereocenters. The van der Waals surface area contributed by atoms with E-state index in [-0.39, 0.29) is 18.7 Å². The number of carbonyl (C=O) groups excluding carboxylic acids is 1. The van der Waals surface area contributed by atoms with E-state index in [4.69, 9.17) is 0 Å². The van der Waals surface area contributed by atoms with Crippen molar-refractivity contribution in [2.24, 2.45) is 0 Å². The fourth-order valence-electron chi connectivity index (χ4n) is 2.12. The van der Waals surface area contributed by atoms with Crippen molar-refractivity contribution in [2.45, 2.75) is 38.1 Å². The molecule has 1 fully saturated rings. The largest absolute Gasteiger partial charge is 0.469 e. The average Bonchev–Trinajstić information content (AvgIpc) is 2.28. The molecule has 15 heavy (non-hydrogen) atoms. The number of carbonyl (C=O) groups is 1. The highest BCUT2D eigenvalue weighted by atomic mass is 19.1. The molecule has 0 bridgehead atoms. The zero-order chi connectivity index (χ0) is 11.1. The van der Waals surface area contributed by atoms with Gasteiger partial charge in [0.1, 0.15) is 0 Å². The number of ether oxygens (including phenoxy) is 1. The lowest BCUT2D eigenvalue weighted by Gasteiger charge is -2.34. The van der Waals surface area contributed by atoms with Crippen LogP contribution in [0.15, 0.2) is 0 Å². The molecule has 88 valence electrons. The monoisotopic (exact) mass is 217 g/mol. The number of piperidine rings is 1. The van der Waals surface area contributed by atoms with Crippen LogP contribution in [-0.2, 0) is 9.53 Å². The van der Waals surface area contributed by atoms with Gasteiger partial charge in [-0.05, 0) is 25.8 Å². The Labute approximate surface area is 90.6 Å². The van der Waals surface area contributed by atoms with Crippen molar-refractivity contribution in [3.63, 3.8) is 0 Å². The maximum atomic E-state index is 12.1. The highest BCUT2D eigenvalue weighted by molar-refractivity contribution is 5.69. The van der Waals surface area contributed by atoms with Crippen molar-refractivity contribution in [3.05, 3.63) is 0 Å². The van der Waals surface area contributed by atoms with Gasteiger partial charge in [0, 0.05) is 12.6 Å². The molecule has 1 aliphatic heterocycles. The van der Waals surface area contributed by atoms with Crippen LogP contribution in [0.5, 0.6) is 0 Å². The quantitative estimate of drug-likeness (QED) is 0.657. The summed E-state index contributed by atoms with van der Waals surface area (Å²) in [5, 5.41) is 0. The number of esters is 1. The molecule has 0 aromatic rings. The van der Waals surface area contributed by atoms with Crippen LogP contribution in [0.25, 0.3) is 0 Å². The van der Waals surface area contributed by atoms with Crippen molar-refractivity contribution in [3.8, 4) is 0 Å². The van der Waals surface area contributed by atoms with Gasteiger partial charge >= 0.3 is 5.97 Å². The van der Waals surface area contributed by atoms with E-state index in [9.17, 15) is 9.18 Å². The molecule has 0 radical (unpaired) electrons. The molecule has 0 aliphatic carbocycles. The second kappa shape index (κ2) is 6.77. The zero-order valence-corrected chi connectivity index (χ0v) is 9.38. The van der Waals surface area contributed by atoms with Gasteiger partial charge in [-0.15, -0.1) is 0 Å². The highest BCUT2D eigenvalue weighted by Crippen LogP contribution is 2.20. The molecule has 0 amide bonds. The molecular formula is C11H20FNO2. The van der Waals surface area contributed by atoms with Gasteiger partial charge in [0.05, 0.1) is 20.2 Å². The summed E-state index contributed by atoms with van der Waals surface area (Å²) in [5.74, 6) is -0.160. The summed E-state index contributed by atoms with van der Waals surface area (Å²) in [6, 6.07) is 0.262. The van der Waals surface area contributed by atoms with Gasteiger partial charge in [-0.2, -0.15) is 0 Å². The van der Waals surface area contributed by atoms with E-state index in [1.54, 1.807) is 0 Å². The third kappa shape index (κ3) is 4.16. The first-order valence-corrected chi connectivity index (χ1v) is 5.64. The summed E-state index contributed by atoms with van der Waals surface area (Å²) < 4.78 is 16.8. The Hall–Kier alpha value is -0.640. The number of hydrogen-bond donors (Lipinski definition) is 0. The number of halogens is 1. The van der Waals surface area contributed by atoms with Crippen LogP contribution in [0.2, 0.25) is 0 Å². The van der Waals surface area contributed by atoms with Crippen LogP contribution >= 0.6 is 0 Å². The lowest BCUT2D eigenvalue weighted by Crippen LogP contribution is -2.41. The van der Waals surface area contributed by atoms with Crippen molar-refractivity contribution >= 4 is 5.97 Å². The number of methoxy groups -OCH3 is 1. The average molecular weight is 217 g/mol. The fraction of sp³-hybridized carbons (Fsp3) is 0.909. The normalized spacial score (nSPS) is 22.7. The smallest absolute Gasteiger partial charge is 0.307 e. The Kier molecular flexibility index (Phi) is 5.61. The SMILES string of the molecule is COC(=O)CC1CCCCN1CCCF. The highest BCUT2D eigenvalue weighted by Gasteiger charge is 2.24. The third-order valence-corrected chi connectivity index (χ3v) is 2.96. The minimum atomic E-state index is -0.276. The third-order valence-electron chi connectivity index (χ3n) is 2.96. The minimum Gasteiger partial charge on any atom is -0.469 e. The molecule has 1 rings (SSSR count). The van der Waals surface area contributed by atoms with Gasteiger partial charge in [0.15, 0.2) is 0 Å². The summed E-state index contributed by atoms with van der Waals surface area (Å²) in [6.07, 6.45) is 4.36. The Balaban J connectivity index is 2.38. The first-order valence-electron chi connectivity index (χ1n) is 5.64. The Morgan fingerprint density at radius 2 is 2.33 bits per heavy atom. The number of hydrogen-bond acceptors (Lipinski definition) is 3. The molecule has 1 atom stereocenters. The van der Waals surface area contributed by atoms with Crippen molar-refractivity contribution < 1.29 is 13.9 Å². The Morgan fingerprint density at radius 3 is 3.00 bits per heavy atom. The Bertz CT molecular complexity index is 199. The van der Waals surface area contributed by atoms with Crippen molar-refractivity contribution in [1.82, 2.24) is 4.90 Å². The molecule has 0 N–H and O–H groups in total. The van der Waals surface area contributed by atoms with Crippen LogP contribution < -0.4 is 0 Å². The van der Waals surface area contributed by atoms with E-state index < -0.39 is 0 Å². The molecule has 4 heteroatoms. The predicted octanol–water partition coefficient (Wildman–Crippen LogP) is 1.76. The van der Waals surface area contributed by atoms with Gasteiger partial charge in [-0.3, -0.25) is 14.1 Å². The second-order valence-electron chi connectivity index (χ2n) is 4.01. The maximum absolute atomic E-state index is 12.1. The molecule has 1 aliphatic rings. The van der Waals surface area contributed by atoms with E-state index in [0.29, 0.717) is 12.8 Å². The van der Waals surface area contributed by atoms with Gasteiger partial charge in [0.25, 0.3) is 0 Å². The van der Waals surface area contributed by atoms with Crippen LogP contribution in [0.3, 0.4) is 0 Å². The summed E-state index contributed by atoms with van der Waals surface area (Å²) in [6.45, 7) is 1.47. The molecule has 1 saturated heterocycles. The standard InChI is InChI=1S/C11H20FNO2/c1-15-11(14)9-10-5-2-3-7-13(10)8-4-6-12/h10H,2-9H2,1H3. The topological polar surface area (TPSA) is 29.5 Å². The number of rotatable bonds is 5. The summed E-state index contributed by atoms with van der Waals surface area (Å²) >= 11 is 0. The number of alkyl halides is 1. The van der Waals surface area contributed by atoms with E-state index in [0.717, 1.165) is 32.4 Å². The summed E-state index contributed by atoms with van der Waals surface area (Å²) in [4.78, 5) is 13.4. The van der Waals surface area contributed by atoms with Crippen molar-refractivity contribution in [2.75, 3.05) is 26.9 Å². The molecule has 3 nitrogen and oxygen atoms in total. The predicted molar refractivity (Wildman–Crippen MR) is 56.4 cm³/mol. The van der Waals surface area contributed by atoms with Crippen LogP contribution in [0.1, 0.15) is 32.1 Å². The van der Waals surface area contributed by atoms with Gasteiger partial charge in [0.2, 0.25) is 0 Å². The van der Waals surface area contributed by atoms with E-state index in [2.05, 4.69) is 9.64 Å². The van der Waals surface area contributed by atoms with Gasteiger partial charge in [-0.25, -0.2) is 0 Å². The fourth-order valence-corrected chi connectivity index (χ4v) is 2.12. The first-order chi connectivity index (χ1) is 7.27. The lowest BCUT2D eigenvalue weighted by atomic mass is 9.99. The zero-order valence-electron chi connectivity index (χ0n) is 9.38. The molecule has 0 saturated carbocycles. The summed E-state index contributed by atoms with van der Waals surface area (Å²) in [5.41, 5.74) is 0. The maximum Gasteiger partial charge on any atom is 0.307 e. The Morgan fingerprint density at radius 1 is 1.53 bits per heavy atom. The molecule has 1 heterocycles. The van der Waals surface area contributed by atoms with E-state index in [1.165, 1.54) is 7.11 Å². The summed E-state index contributed by atoms with van der Waals surface area (Å²) in [7, 11) is 1.41. The number of nitrogens with zero attached hydrogens (tertiary/aromatic N) is 1. The number of likely N-dealkylation sites (tertiary alicyclic amines) is 1. The second-order valence-corrected chi connectivity index (χ2v) is 4.01. The van der Waals surface area contributed by atoms with Crippen LogP contribution in [0, 0.1) is 0 Å². The molecule has 0 aromatic heterocycles. The van der Waals surface area contributed by atoms with E-state index >= 15 is 0 Å². The first kappa shape index (κ1) is 12.4. The van der Waals surface area contributed by atoms with Crippen LogP contribution in [-0.4, -0.2) is 43.8 Å². The lowest BCUT2D eigenvalue weighted by molar-refractivity contribution is -0.142. The molecular weight excluding hydrogens is 197 g/mol. The van der Waals surface area contributed by atoms with E-state index in [1.807, 2.05) is 0 Å². The van der Waals surface area contributed by atoms with Gasteiger partial charge in [-0.1, -0.05) is 6.42 Å². The molecule has 0 aromatic carbocycles.